The molecular formula is C15H15N3O2S. The van der Waals surface area contributed by atoms with Gasteiger partial charge in [-0.05, 0) is 23.6 Å². The molecule has 108 valence electrons. The van der Waals surface area contributed by atoms with Crippen molar-refractivity contribution < 1.29 is 8.42 Å². The number of nitrogens with two attached hydrogens (primary N) is 1. The molecule has 3 aromatic rings. The molecule has 0 fully saturated rings. The molecule has 1 aromatic heterocycles. The van der Waals surface area contributed by atoms with E-state index in [1.807, 2.05) is 36.4 Å². The van der Waals surface area contributed by atoms with Crippen LogP contribution in [0.2, 0.25) is 0 Å². The highest BCUT2D eigenvalue weighted by atomic mass is 32.2. The van der Waals surface area contributed by atoms with E-state index in [1.165, 1.54) is 0 Å². The number of hydrogen-bond donors (Lipinski definition) is 2. The van der Waals surface area contributed by atoms with Crippen LogP contribution in [0.5, 0.6) is 0 Å². The minimum atomic E-state index is -3.74. The second-order valence-corrected chi connectivity index (χ2v) is 6.66. The Morgan fingerprint density at radius 1 is 1.10 bits per heavy atom. The summed E-state index contributed by atoms with van der Waals surface area (Å²) in [5, 5.41) is 4.64. The molecule has 0 radical (unpaired) electrons. The van der Waals surface area contributed by atoms with Crippen molar-refractivity contribution in [1.29, 1.82) is 0 Å². The van der Waals surface area contributed by atoms with Gasteiger partial charge in [-0.15, -0.1) is 0 Å². The van der Waals surface area contributed by atoms with Gasteiger partial charge in [0.1, 0.15) is 5.25 Å². The maximum Gasteiger partial charge on any atom is 0.216 e. The molecule has 1 heterocycles. The first-order valence-corrected chi connectivity index (χ1v) is 8.14. The Bertz CT molecular complexity index is 857. The van der Waals surface area contributed by atoms with Crippen LogP contribution in [-0.4, -0.2) is 18.4 Å². The molecule has 6 heteroatoms. The maximum absolute atomic E-state index is 12.0. The van der Waals surface area contributed by atoms with Crippen molar-refractivity contribution in [2.75, 3.05) is 0 Å². The molecule has 0 aliphatic carbocycles. The highest BCUT2D eigenvalue weighted by molar-refractivity contribution is 7.89. The summed E-state index contributed by atoms with van der Waals surface area (Å²) in [5.74, 6) is 0. The van der Waals surface area contributed by atoms with Gasteiger partial charge in [0.25, 0.3) is 0 Å². The normalized spacial score (nSPS) is 13.4. The van der Waals surface area contributed by atoms with Crippen LogP contribution in [0.1, 0.15) is 16.4 Å². The summed E-state index contributed by atoms with van der Waals surface area (Å²) < 4.78 is 24.1. The fourth-order valence-corrected chi connectivity index (χ4v) is 3.45. The Kier molecular flexibility index (Phi) is 3.48. The summed E-state index contributed by atoms with van der Waals surface area (Å²) in [6, 6.07) is 14.9. The lowest BCUT2D eigenvalue weighted by Crippen LogP contribution is -2.23. The van der Waals surface area contributed by atoms with E-state index in [4.69, 9.17) is 5.14 Å². The number of aromatic nitrogens is 2. The predicted octanol–water partition coefficient (Wildman–Crippen LogP) is 2.14. The predicted molar refractivity (Wildman–Crippen MR) is 82.1 cm³/mol. The monoisotopic (exact) mass is 301 g/mol. The molecule has 0 saturated heterocycles. The van der Waals surface area contributed by atoms with Gasteiger partial charge in [-0.1, -0.05) is 42.5 Å². The minimum absolute atomic E-state index is 0.325. The Labute approximate surface area is 122 Å². The molecule has 2 aromatic carbocycles. The number of hydrogen-bond acceptors (Lipinski definition) is 3. The number of sulfonamides is 1. The van der Waals surface area contributed by atoms with Gasteiger partial charge in [0.2, 0.25) is 10.0 Å². The summed E-state index contributed by atoms with van der Waals surface area (Å²) in [6.45, 7) is 0. The van der Waals surface area contributed by atoms with Crippen molar-refractivity contribution in [1.82, 2.24) is 9.97 Å². The summed E-state index contributed by atoms with van der Waals surface area (Å²) in [7, 11) is -3.74. The standard InChI is InChI=1S/C15H15N3O2S/c16-21(19,20)14(9-11-5-2-1-3-6-11)12-7-4-8-13-15(12)18-10-17-13/h1-8,10,14H,9H2,(H,17,18)(H2,16,19,20). The molecular weight excluding hydrogens is 286 g/mol. The van der Waals surface area contributed by atoms with Gasteiger partial charge in [-0.3, -0.25) is 0 Å². The molecule has 0 saturated carbocycles. The lowest BCUT2D eigenvalue weighted by Gasteiger charge is -2.16. The zero-order valence-corrected chi connectivity index (χ0v) is 12.0. The van der Waals surface area contributed by atoms with Gasteiger partial charge in [-0.2, -0.15) is 0 Å². The zero-order valence-electron chi connectivity index (χ0n) is 11.2. The highest BCUT2D eigenvalue weighted by Gasteiger charge is 2.26. The number of para-hydroxylation sites is 1. The second-order valence-electron chi connectivity index (χ2n) is 4.91. The number of nitrogens with zero attached hydrogens (tertiary/aromatic N) is 1. The molecule has 3 N–H and O–H groups in total. The third kappa shape index (κ3) is 2.81. The molecule has 0 amide bonds. The van der Waals surface area contributed by atoms with Gasteiger partial charge in [0.05, 0.1) is 17.4 Å². The van der Waals surface area contributed by atoms with Crippen molar-refractivity contribution >= 4 is 21.1 Å². The SMILES string of the molecule is NS(=O)(=O)C(Cc1ccccc1)c1cccc2[nH]cnc12. The number of fused-ring (bicyclic) bond motifs is 1. The lowest BCUT2D eigenvalue weighted by molar-refractivity contribution is 0.583. The van der Waals surface area contributed by atoms with Crippen LogP contribution in [0, 0.1) is 0 Å². The molecule has 0 spiro atoms. The Balaban J connectivity index is 2.10. The fraction of sp³-hybridized carbons (Fsp3) is 0.133. The van der Waals surface area contributed by atoms with Crippen molar-refractivity contribution in [3.8, 4) is 0 Å². The quantitative estimate of drug-likeness (QED) is 0.773. The van der Waals surface area contributed by atoms with E-state index in [1.54, 1.807) is 18.5 Å². The molecule has 0 aliphatic rings. The van der Waals surface area contributed by atoms with E-state index in [9.17, 15) is 8.42 Å². The van der Waals surface area contributed by atoms with Crippen molar-refractivity contribution in [3.05, 3.63) is 66.0 Å². The van der Waals surface area contributed by atoms with Gasteiger partial charge in [-0.25, -0.2) is 18.5 Å². The van der Waals surface area contributed by atoms with Crippen molar-refractivity contribution in [2.45, 2.75) is 11.7 Å². The first-order valence-electron chi connectivity index (χ1n) is 6.53. The van der Waals surface area contributed by atoms with Crippen LogP contribution >= 0.6 is 0 Å². The van der Waals surface area contributed by atoms with Crippen LogP contribution in [0.15, 0.2) is 54.9 Å². The van der Waals surface area contributed by atoms with Gasteiger partial charge in [0.15, 0.2) is 0 Å². The number of aromatic amines is 1. The molecule has 0 bridgehead atoms. The largest absolute Gasteiger partial charge is 0.345 e. The topological polar surface area (TPSA) is 88.8 Å². The number of rotatable bonds is 4. The van der Waals surface area contributed by atoms with Gasteiger partial charge >= 0.3 is 0 Å². The zero-order chi connectivity index (χ0) is 14.9. The molecule has 3 rings (SSSR count). The van der Waals surface area contributed by atoms with Crippen LogP contribution in [-0.2, 0) is 16.4 Å². The molecule has 1 atom stereocenters. The molecule has 21 heavy (non-hydrogen) atoms. The van der Waals surface area contributed by atoms with Crippen LogP contribution in [0.4, 0.5) is 0 Å². The Hall–Kier alpha value is -2.18. The fourth-order valence-electron chi connectivity index (χ4n) is 2.48. The number of H-pyrrole nitrogens is 1. The Morgan fingerprint density at radius 3 is 2.57 bits per heavy atom. The van der Waals surface area contributed by atoms with E-state index in [0.29, 0.717) is 17.5 Å². The summed E-state index contributed by atoms with van der Waals surface area (Å²) in [6.07, 6.45) is 1.88. The molecule has 1 unspecified atom stereocenters. The maximum atomic E-state index is 12.0. The number of primary sulfonamides is 1. The first-order chi connectivity index (χ1) is 10.1. The van der Waals surface area contributed by atoms with E-state index in [2.05, 4.69) is 9.97 Å². The number of imidazole rings is 1. The van der Waals surface area contributed by atoms with E-state index >= 15 is 0 Å². The average molecular weight is 301 g/mol. The number of nitrogens with one attached hydrogen (secondary N) is 1. The number of benzene rings is 2. The second kappa shape index (κ2) is 5.31. The van der Waals surface area contributed by atoms with Gasteiger partial charge < -0.3 is 4.98 Å². The highest BCUT2D eigenvalue weighted by Crippen LogP contribution is 2.29. The van der Waals surface area contributed by atoms with Crippen molar-refractivity contribution in [3.63, 3.8) is 0 Å². The first kappa shape index (κ1) is 13.8. The smallest absolute Gasteiger partial charge is 0.216 e. The summed E-state index contributed by atoms with van der Waals surface area (Å²) in [5.41, 5.74) is 2.99. The van der Waals surface area contributed by atoms with E-state index < -0.39 is 15.3 Å². The van der Waals surface area contributed by atoms with Gasteiger partial charge in [0, 0.05) is 0 Å². The summed E-state index contributed by atoms with van der Waals surface area (Å²) in [4.78, 5) is 7.20. The minimum Gasteiger partial charge on any atom is -0.345 e. The van der Waals surface area contributed by atoms with Crippen LogP contribution < -0.4 is 5.14 Å². The van der Waals surface area contributed by atoms with Crippen LogP contribution in [0.3, 0.4) is 0 Å². The van der Waals surface area contributed by atoms with E-state index in [-0.39, 0.29) is 0 Å². The molecule has 0 aliphatic heterocycles. The summed E-state index contributed by atoms with van der Waals surface area (Å²) >= 11 is 0. The third-order valence-corrected chi connectivity index (χ3v) is 4.70. The molecule has 5 nitrogen and oxygen atoms in total. The van der Waals surface area contributed by atoms with Crippen molar-refractivity contribution in [2.24, 2.45) is 5.14 Å². The van der Waals surface area contributed by atoms with Crippen LogP contribution in [0.25, 0.3) is 11.0 Å². The van der Waals surface area contributed by atoms with E-state index in [0.717, 1.165) is 11.1 Å². The average Bonchev–Trinajstić information content (AvgIpc) is 2.93. The Morgan fingerprint density at radius 2 is 1.86 bits per heavy atom. The lowest BCUT2D eigenvalue weighted by atomic mass is 10.0. The third-order valence-electron chi connectivity index (χ3n) is 3.49.